The minimum absolute atomic E-state index is 0.0547. The molecule has 3 rings (SSSR count). The van der Waals surface area contributed by atoms with E-state index in [0.29, 0.717) is 16.0 Å². The van der Waals surface area contributed by atoms with Crippen molar-refractivity contribution >= 4 is 44.9 Å². The summed E-state index contributed by atoms with van der Waals surface area (Å²) in [5, 5.41) is 10.5. The number of primary amides is 1. The molecule has 0 aliphatic rings. The number of rotatable bonds is 6. The smallest absolute Gasteiger partial charge is 0.348 e. The van der Waals surface area contributed by atoms with Gasteiger partial charge in [-0.05, 0) is 24.3 Å². The summed E-state index contributed by atoms with van der Waals surface area (Å²) in [4.78, 5) is 23.7. The Balaban J connectivity index is 2.05. The molecule has 1 aromatic heterocycles. The molecule has 0 aliphatic carbocycles. The monoisotopic (exact) mass is 423 g/mol. The van der Waals surface area contributed by atoms with Crippen LogP contribution in [0.1, 0.15) is 31.2 Å². The van der Waals surface area contributed by atoms with Gasteiger partial charge in [-0.25, -0.2) is 9.18 Å². The first-order valence-electron chi connectivity index (χ1n) is 8.01. The summed E-state index contributed by atoms with van der Waals surface area (Å²) in [5.41, 5.74) is 5.57. The third kappa shape index (κ3) is 3.66. The highest BCUT2D eigenvalue weighted by molar-refractivity contribution is 7.21. The number of thiophene rings is 1. The molecule has 28 heavy (non-hydrogen) atoms. The van der Waals surface area contributed by atoms with Crippen molar-refractivity contribution < 1.29 is 28.6 Å². The van der Waals surface area contributed by atoms with Crippen LogP contribution in [0.2, 0.25) is 5.02 Å². The number of hydrogen-bond acceptors (Lipinski definition) is 6. The van der Waals surface area contributed by atoms with E-state index in [0.717, 1.165) is 10.8 Å². The van der Waals surface area contributed by atoms with Crippen molar-refractivity contribution in [1.82, 2.24) is 0 Å². The fourth-order valence-electron chi connectivity index (χ4n) is 2.78. The summed E-state index contributed by atoms with van der Waals surface area (Å²) >= 11 is 7.47. The zero-order chi connectivity index (χ0) is 20.4. The second kappa shape index (κ2) is 8.14. The van der Waals surface area contributed by atoms with Gasteiger partial charge in [0, 0.05) is 31.8 Å². The van der Waals surface area contributed by atoms with Gasteiger partial charge in [0.1, 0.15) is 11.5 Å². The van der Waals surface area contributed by atoms with E-state index in [4.69, 9.17) is 26.8 Å². The van der Waals surface area contributed by atoms with Gasteiger partial charge >= 0.3 is 5.97 Å². The number of aliphatic hydroxyl groups excluding tert-OH is 1. The van der Waals surface area contributed by atoms with Crippen molar-refractivity contribution in [3.63, 3.8) is 0 Å². The Hall–Kier alpha value is -2.68. The van der Waals surface area contributed by atoms with Gasteiger partial charge in [0.25, 0.3) is 0 Å². The molecule has 3 aromatic rings. The van der Waals surface area contributed by atoms with Crippen LogP contribution in [0.3, 0.4) is 0 Å². The maximum atomic E-state index is 14.4. The Kier molecular flexibility index (Phi) is 5.83. The van der Waals surface area contributed by atoms with Crippen LogP contribution in [0.5, 0.6) is 5.75 Å². The normalized spacial score (nSPS) is 10.9. The van der Waals surface area contributed by atoms with Gasteiger partial charge in [0.15, 0.2) is 11.6 Å². The lowest BCUT2D eigenvalue weighted by Crippen LogP contribution is -2.13. The number of carbonyl (C=O) groups is 2. The van der Waals surface area contributed by atoms with E-state index in [9.17, 15) is 19.1 Å². The summed E-state index contributed by atoms with van der Waals surface area (Å²) in [6, 6.07) is 7.39. The molecule has 2 aromatic carbocycles. The van der Waals surface area contributed by atoms with E-state index in [1.165, 1.54) is 24.5 Å². The molecule has 0 atom stereocenters. The molecule has 0 radical (unpaired) electrons. The molecule has 0 fully saturated rings. The SMILES string of the molecule is COC(=O)c1sc2cccc(Cl)c2c1COc1c(F)cc(C(N)=O)cc1CO. The number of benzene rings is 2. The number of ether oxygens (including phenoxy) is 2. The number of methoxy groups -OCH3 is 1. The van der Waals surface area contributed by atoms with Gasteiger partial charge in [-0.15, -0.1) is 11.3 Å². The average Bonchev–Trinajstić information content (AvgIpc) is 3.05. The van der Waals surface area contributed by atoms with E-state index in [1.807, 2.05) is 0 Å². The topological polar surface area (TPSA) is 98.9 Å². The van der Waals surface area contributed by atoms with Crippen LogP contribution in [0.25, 0.3) is 10.1 Å². The van der Waals surface area contributed by atoms with Gasteiger partial charge in [-0.3, -0.25) is 4.79 Å². The van der Waals surface area contributed by atoms with Crippen LogP contribution >= 0.6 is 22.9 Å². The Morgan fingerprint density at radius 3 is 2.71 bits per heavy atom. The maximum absolute atomic E-state index is 14.4. The molecule has 9 heteroatoms. The summed E-state index contributed by atoms with van der Waals surface area (Å²) in [5.74, 6) is -2.49. The first-order valence-corrected chi connectivity index (χ1v) is 9.20. The van der Waals surface area contributed by atoms with Gasteiger partial charge in [-0.1, -0.05) is 17.7 Å². The first kappa shape index (κ1) is 20.1. The minimum atomic E-state index is -0.856. The number of amides is 1. The van der Waals surface area contributed by atoms with Gasteiger partial charge in [-0.2, -0.15) is 0 Å². The highest BCUT2D eigenvalue weighted by Crippen LogP contribution is 2.37. The lowest BCUT2D eigenvalue weighted by molar-refractivity contribution is 0.0603. The predicted octanol–water partition coefficient (Wildman–Crippen LogP) is 3.65. The molecule has 6 nitrogen and oxygen atoms in total. The fourth-order valence-corrected chi connectivity index (χ4v) is 4.28. The molecule has 1 heterocycles. The molecule has 146 valence electrons. The highest BCUT2D eigenvalue weighted by Gasteiger charge is 2.22. The maximum Gasteiger partial charge on any atom is 0.348 e. The number of halogens is 2. The molecule has 0 bridgehead atoms. The van der Waals surface area contributed by atoms with Crippen LogP contribution in [0, 0.1) is 5.82 Å². The Morgan fingerprint density at radius 1 is 1.32 bits per heavy atom. The van der Waals surface area contributed by atoms with Crippen LogP contribution < -0.4 is 10.5 Å². The second-order valence-corrected chi connectivity index (χ2v) is 7.23. The molecule has 0 saturated heterocycles. The number of nitrogens with two attached hydrogens (primary N) is 1. The van der Waals surface area contributed by atoms with Crippen molar-refractivity contribution in [2.75, 3.05) is 7.11 Å². The Labute approximate surface area is 168 Å². The van der Waals surface area contributed by atoms with E-state index in [2.05, 4.69) is 0 Å². The van der Waals surface area contributed by atoms with Crippen molar-refractivity contribution in [3.05, 3.63) is 62.7 Å². The Morgan fingerprint density at radius 2 is 2.07 bits per heavy atom. The van der Waals surface area contributed by atoms with Gasteiger partial charge < -0.3 is 20.3 Å². The van der Waals surface area contributed by atoms with Crippen LogP contribution in [0.15, 0.2) is 30.3 Å². The number of carbonyl (C=O) groups excluding carboxylic acids is 2. The van der Waals surface area contributed by atoms with Crippen molar-refractivity contribution in [1.29, 1.82) is 0 Å². The number of aliphatic hydroxyl groups is 1. The first-order chi connectivity index (χ1) is 13.4. The van der Waals surface area contributed by atoms with E-state index in [1.54, 1.807) is 18.2 Å². The molecule has 0 saturated carbocycles. The van der Waals surface area contributed by atoms with E-state index < -0.39 is 24.3 Å². The lowest BCUT2D eigenvalue weighted by atomic mass is 10.1. The standard InChI is InChI=1S/C19H15ClFNO5S/c1-26-19(25)17-11(15-12(20)3-2-4-14(15)28-17)8-27-16-10(7-23)5-9(18(22)24)6-13(16)21/h2-6,23H,7-8H2,1H3,(H2,22,24). The van der Waals surface area contributed by atoms with Crippen molar-refractivity contribution in [2.45, 2.75) is 13.2 Å². The van der Waals surface area contributed by atoms with Gasteiger partial charge in [0.2, 0.25) is 5.91 Å². The number of esters is 1. The lowest BCUT2D eigenvalue weighted by Gasteiger charge is -2.13. The molecule has 1 amide bonds. The third-order valence-electron chi connectivity index (χ3n) is 4.07. The summed E-state index contributed by atoms with van der Waals surface area (Å²) in [6.45, 7) is -0.767. The molecule has 0 unspecified atom stereocenters. The Bertz CT molecular complexity index is 1080. The van der Waals surface area contributed by atoms with Crippen LogP contribution in [-0.2, 0) is 18.0 Å². The van der Waals surface area contributed by atoms with Crippen molar-refractivity contribution in [2.24, 2.45) is 5.73 Å². The van der Waals surface area contributed by atoms with E-state index >= 15 is 0 Å². The summed E-state index contributed by atoms with van der Waals surface area (Å²) < 4.78 is 25.6. The second-order valence-electron chi connectivity index (χ2n) is 5.77. The van der Waals surface area contributed by atoms with Crippen LogP contribution in [-0.4, -0.2) is 24.1 Å². The molecular formula is C19H15ClFNO5S. The van der Waals surface area contributed by atoms with E-state index in [-0.39, 0.29) is 28.4 Å². The number of hydrogen-bond donors (Lipinski definition) is 2. The molecule has 3 N–H and O–H groups in total. The van der Waals surface area contributed by atoms with Gasteiger partial charge in [0.05, 0.1) is 13.7 Å². The van der Waals surface area contributed by atoms with Crippen molar-refractivity contribution in [3.8, 4) is 5.75 Å². The molecular weight excluding hydrogens is 409 g/mol. The zero-order valence-corrected chi connectivity index (χ0v) is 16.2. The fraction of sp³-hybridized carbons (Fsp3) is 0.158. The quantitative estimate of drug-likeness (QED) is 0.589. The molecule has 0 aliphatic heterocycles. The molecule has 0 spiro atoms. The summed E-state index contributed by atoms with van der Waals surface area (Å²) in [7, 11) is 1.26. The highest BCUT2D eigenvalue weighted by atomic mass is 35.5. The third-order valence-corrected chi connectivity index (χ3v) is 5.56. The van der Waals surface area contributed by atoms with Crippen LogP contribution in [0.4, 0.5) is 4.39 Å². The summed E-state index contributed by atoms with van der Waals surface area (Å²) in [6.07, 6.45) is 0. The number of fused-ring (bicyclic) bond motifs is 1. The zero-order valence-electron chi connectivity index (χ0n) is 14.6. The average molecular weight is 424 g/mol. The predicted molar refractivity (Wildman–Crippen MR) is 103 cm³/mol. The minimum Gasteiger partial charge on any atom is -0.485 e. The largest absolute Gasteiger partial charge is 0.485 e.